The summed E-state index contributed by atoms with van der Waals surface area (Å²) in [7, 11) is 0. The van der Waals surface area contributed by atoms with Crippen molar-refractivity contribution in [2.24, 2.45) is 11.5 Å². The van der Waals surface area contributed by atoms with Crippen LogP contribution in [-0.4, -0.2) is 35.7 Å². The Morgan fingerprint density at radius 3 is 2.00 bits per heavy atom. The highest BCUT2D eigenvalue weighted by Crippen LogP contribution is 2.01. The number of halogens is 1. The van der Waals surface area contributed by atoms with E-state index in [2.05, 4.69) is 21.3 Å². The van der Waals surface area contributed by atoms with Crippen molar-refractivity contribution in [3.63, 3.8) is 0 Å². The fourth-order valence-corrected chi connectivity index (χ4v) is 1.47. The molecule has 0 saturated heterocycles. The summed E-state index contributed by atoms with van der Waals surface area (Å²) in [6.07, 6.45) is 4.11. The van der Waals surface area contributed by atoms with Crippen LogP contribution in [0, 0.1) is 0 Å². The van der Waals surface area contributed by atoms with E-state index in [1.165, 1.54) is 18.6 Å². The fourth-order valence-electron chi connectivity index (χ4n) is 1.30. The number of carbonyl (C=O) groups is 4. The van der Waals surface area contributed by atoms with Crippen LogP contribution in [0.2, 0.25) is 0 Å². The van der Waals surface area contributed by atoms with Gasteiger partial charge in [0.2, 0.25) is 11.8 Å². The molecule has 0 aromatic carbocycles. The number of hydrogen-bond acceptors (Lipinski definition) is 6. The molecule has 8 N–H and O–H groups in total. The van der Waals surface area contributed by atoms with Gasteiger partial charge in [0.1, 0.15) is 5.16 Å². The van der Waals surface area contributed by atoms with Crippen LogP contribution in [0.3, 0.4) is 0 Å². The highest BCUT2D eigenvalue weighted by atomic mass is 35.5. The van der Waals surface area contributed by atoms with Gasteiger partial charge in [-0.1, -0.05) is 11.6 Å². The van der Waals surface area contributed by atoms with Gasteiger partial charge in [0.25, 0.3) is 11.8 Å². The van der Waals surface area contributed by atoms with Crippen molar-refractivity contribution >= 4 is 35.2 Å². The normalized spacial score (nSPS) is 23.2. The maximum atomic E-state index is 10.8. The van der Waals surface area contributed by atoms with E-state index in [1.54, 1.807) is 0 Å². The molecular formula is C10H13ClN6O4. The molecule has 10 nitrogen and oxygen atoms in total. The standard InChI is InChI=1S/C5H6ClN3O2.C5H7N3O2/c6-2-1-8-5(11)3(9-2)4(7)10;6-4(9)3-5(10)8-2-1-7-3/h1,3,9H,(H2,7,10)(H,8,11);1-3,7H,(H2,6,9)(H,8,10). The molecule has 2 rings (SSSR count). The van der Waals surface area contributed by atoms with Gasteiger partial charge in [-0.25, -0.2) is 0 Å². The van der Waals surface area contributed by atoms with Gasteiger partial charge in [0, 0.05) is 18.6 Å². The van der Waals surface area contributed by atoms with Crippen LogP contribution in [0.4, 0.5) is 0 Å². The van der Waals surface area contributed by atoms with Gasteiger partial charge in [-0.05, 0) is 0 Å². The van der Waals surface area contributed by atoms with E-state index in [4.69, 9.17) is 23.1 Å². The zero-order valence-electron chi connectivity index (χ0n) is 10.6. The molecule has 0 spiro atoms. The van der Waals surface area contributed by atoms with E-state index in [1.807, 2.05) is 0 Å². The second-order valence-electron chi connectivity index (χ2n) is 3.82. The number of amides is 4. The largest absolute Gasteiger partial charge is 0.371 e. The molecule has 2 unspecified atom stereocenters. The molecule has 114 valence electrons. The Labute approximate surface area is 123 Å². The van der Waals surface area contributed by atoms with Crippen LogP contribution in [-0.2, 0) is 19.2 Å². The van der Waals surface area contributed by atoms with Crippen LogP contribution in [0.25, 0.3) is 0 Å². The van der Waals surface area contributed by atoms with Crippen molar-refractivity contribution < 1.29 is 19.2 Å². The minimum atomic E-state index is -1.06. The minimum absolute atomic E-state index is 0.188. The number of rotatable bonds is 2. The average Bonchev–Trinajstić information content (AvgIpc) is 2.42. The van der Waals surface area contributed by atoms with Gasteiger partial charge >= 0.3 is 0 Å². The van der Waals surface area contributed by atoms with Crippen molar-refractivity contribution in [3.05, 3.63) is 23.8 Å². The second kappa shape index (κ2) is 7.14. The third-order valence-corrected chi connectivity index (χ3v) is 2.51. The number of hydrogen-bond donors (Lipinski definition) is 6. The molecule has 2 atom stereocenters. The maximum Gasteiger partial charge on any atom is 0.256 e. The Hall–Kier alpha value is -2.75. The van der Waals surface area contributed by atoms with Crippen molar-refractivity contribution in [2.45, 2.75) is 12.1 Å². The smallest absolute Gasteiger partial charge is 0.256 e. The van der Waals surface area contributed by atoms with Crippen LogP contribution in [0.1, 0.15) is 0 Å². The van der Waals surface area contributed by atoms with E-state index >= 15 is 0 Å². The van der Waals surface area contributed by atoms with Crippen LogP contribution in [0.15, 0.2) is 23.8 Å². The molecular weight excluding hydrogens is 304 g/mol. The van der Waals surface area contributed by atoms with Gasteiger partial charge < -0.3 is 32.7 Å². The summed E-state index contributed by atoms with van der Waals surface area (Å²) in [6, 6.07) is -1.99. The molecule has 2 aliphatic rings. The quantitative estimate of drug-likeness (QED) is 0.229. The minimum Gasteiger partial charge on any atom is -0.371 e. The lowest BCUT2D eigenvalue weighted by Crippen LogP contribution is -2.53. The molecule has 0 radical (unpaired) electrons. The Balaban J connectivity index is 0.000000211. The molecule has 0 fully saturated rings. The highest BCUT2D eigenvalue weighted by Gasteiger charge is 2.26. The first-order valence-corrected chi connectivity index (χ1v) is 5.93. The van der Waals surface area contributed by atoms with Crippen molar-refractivity contribution in [2.75, 3.05) is 0 Å². The Morgan fingerprint density at radius 2 is 1.57 bits per heavy atom. The zero-order valence-corrected chi connectivity index (χ0v) is 11.3. The number of nitrogens with two attached hydrogens (primary N) is 2. The van der Waals surface area contributed by atoms with E-state index in [0.29, 0.717) is 0 Å². The molecule has 0 bridgehead atoms. The molecule has 4 amide bonds. The van der Waals surface area contributed by atoms with E-state index in [0.717, 1.165) is 0 Å². The SMILES string of the molecule is NC(=O)C1NC(Cl)=CNC1=O.NC(=O)C1NC=CNC1=O. The Morgan fingerprint density at radius 1 is 1.00 bits per heavy atom. The molecule has 0 saturated carbocycles. The van der Waals surface area contributed by atoms with E-state index in [-0.39, 0.29) is 5.16 Å². The van der Waals surface area contributed by atoms with Crippen LogP contribution < -0.4 is 32.7 Å². The van der Waals surface area contributed by atoms with Crippen LogP contribution in [0.5, 0.6) is 0 Å². The van der Waals surface area contributed by atoms with Gasteiger partial charge in [-0.3, -0.25) is 19.2 Å². The molecule has 0 aromatic heterocycles. The Bertz CT molecular complexity index is 532. The summed E-state index contributed by atoms with van der Waals surface area (Å²) in [6.45, 7) is 0. The first-order chi connectivity index (χ1) is 9.82. The lowest BCUT2D eigenvalue weighted by atomic mass is 10.2. The molecule has 2 aliphatic heterocycles. The predicted octanol–water partition coefficient (Wildman–Crippen LogP) is -3.37. The average molecular weight is 317 g/mol. The number of carbonyl (C=O) groups excluding carboxylic acids is 4. The third-order valence-electron chi connectivity index (χ3n) is 2.29. The summed E-state index contributed by atoms with van der Waals surface area (Å²) < 4.78 is 0. The topological polar surface area (TPSA) is 168 Å². The first-order valence-electron chi connectivity index (χ1n) is 5.55. The monoisotopic (exact) mass is 316 g/mol. The highest BCUT2D eigenvalue weighted by molar-refractivity contribution is 6.30. The lowest BCUT2D eigenvalue weighted by Gasteiger charge is -2.18. The predicted molar refractivity (Wildman–Crippen MR) is 71.6 cm³/mol. The second-order valence-corrected chi connectivity index (χ2v) is 4.23. The van der Waals surface area contributed by atoms with Crippen LogP contribution >= 0.6 is 11.6 Å². The Kier molecular flexibility index (Phi) is 5.55. The molecule has 0 aliphatic carbocycles. The summed E-state index contributed by atoms with van der Waals surface area (Å²) in [5.74, 6) is -2.35. The van der Waals surface area contributed by atoms with Crippen molar-refractivity contribution in [1.82, 2.24) is 21.3 Å². The van der Waals surface area contributed by atoms with E-state index in [9.17, 15) is 19.2 Å². The number of primary amides is 2. The summed E-state index contributed by atoms with van der Waals surface area (Å²) in [4.78, 5) is 42.5. The van der Waals surface area contributed by atoms with E-state index < -0.39 is 35.7 Å². The number of nitrogens with one attached hydrogen (secondary N) is 4. The van der Waals surface area contributed by atoms with Gasteiger partial charge in [0.05, 0.1) is 0 Å². The summed E-state index contributed by atoms with van der Waals surface area (Å²) in [5.41, 5.74) is 9.73. The van der Waals surface area contributed by atoms with Gasteiger partial charge in [-0.15, -0.1) is 0 Å². The lowest BCUT2D eigenvalue weighted by molar-refractivity contribution is -0.131. The fraction of sp³-hybridized carbons (Fsp3) is 0.200. The zero-order chi connectivity index (χ0) is 16.0. The summed E-state index contributed by atoms with van der Waals surface area (Å²) >= 11 is 5.45. The van der Waals surface area contributed by atoms with Crippen molar-refractivity contribution in [3.8, 4) is 0 Å². The third kappa shape index (κ3) is 4.69. The molecule has 0 aromatic rings. The van der Waals surface area contributed by atoms with Gasteiger partial charge in [-0.2, -0.15) is 0 Å². The molecule has 21 heavy (non-hydrogen) atoms. The van der Waals surface area contributed by atoms with Crippen molar-refractivity contribution in [1.29, 1.82) is 0 Å². The molecule has 11 heteroatoms. The van der Waals surface area contributed by atoms with Gasteiger partial charge in [0.15, 0.2) is 12.1 Å². The maximum absolute atomic E-state index is 10.8. The first kappa shape index (κ1) is 16.3. The summed E-state index contributed by atoms with van der Waals surface area (Å²) in [5, 5.41) is 9.69. The molecule has 2 heterocycles.